The van der Waals surface area contributed by atoms with Crippen LogP contribution in [0.2, 0.25) is 5.02 Å². The van der Waals surface area contributed by atoms with E-state index in [-0.39, 0.29) is 11.3 Å². The minimum Gasteiger partial charge on any atom is -0.465 e. The summed E-state index contributed by atoms with van der Waals surface area (Å²) in [5.74, 6) is 6.25. The number of fused-ring (bicyclic) bond motifs is 1. The van der Waals surface area contributed by atoms with Gasteiger partial charge in [-0.2, -0.15) is 5.10 Å². The van der Waals surface area contributed by atoms with Crippen molar-refractivity contribution in [2.45, 2.75) is 19.4 Å². The molecule has 136 valence electrons. The molecular weight excluding hydrogens is 364 g/mol. The van der Waals surface area contributed by atoms with Crippen LogP contribution < -0.4 is 5.73 Å². The number of nitrogens with two attached hydrogens (primary N) is 1. The first-order valence-corrected chi connectivity index (χ1v) is 8.95. The number of hydrogen-bond donors (Lipinski definition) is 1. The van der Waals surface area contributed by atoms with E-state index in [9.17, 15) is 4.79 Å². The molecule has 7 heteroatoms. The lowest BCUT2D eigenvalue weighted by molar-refractivity contribution is 0.0602. The van der Waals surface area contributed by atoms with Crippen molar-refractivity contribution >= 4 is 34.2 Å². The summed E-state index contributed by atoms with van der Waals surface area (Å²) in [5, 5.41) is 6.21. The Balaban J connectivity index is 1.79. The Morgan fingerprint density at radius 1 is 1.37 bits per heavy atom. The highest BCUT2D eigenvalue weighted by molar-refractivity contribution is 6.31. The Hall–Kier alpha value is -3.04. The lowest BCUT2D eigenvalue weighted by Crippen LogP contribution is -2.08. The molecule has 1 saturated carbocycles. The molecule has 27 heavy (non-hydrogen) atoms. The van der Waals surface area contributed by atoms with Gasteiger partial charge in [-0.25, -0.2) is 9.78 Å². The van der Waals surface area contributed by atoms with E-state index in [1.54, 1.807) is 0 Å². The Morgan fingerprint density at radius 2 is 2.19 bits per heavy atom. The number of benzene rings is 1. The fourth-order valence-corrected chi connectivity index (χ4v) is 3.06. The van der Waals surface area contributed by atoms with Crippen LogP contribution >= 0.6 is 11.6 Å². The Labute approximate surface area is 161 Å². The zero-order valence-corrected chi connectivity index (χ0v) is 15.5. The number of halogens is 1. The summed E-state index contributed by atoms with van der Waals surface area (Å²) >= 11 is 6.10. The SMILES string of the molecule is COC(=O)c1ccnc(C#Cc2c3ccc(Cl)cc3nn2CC2CC2)c1N. The first-order valence-electron chi connectivity index (χ1n) is 8.57. The van der Waals surface area contributed by atoms with Crippen LogP contribution in [0.3, 0.4) is 0 Å². The summed E-state index contributed by atoms with van der Waals surface area (Å²) in [4.78, 5) is 16.0. The fraction of sp³-hybridized carbons (Fsp3) is 0.250. The molecule has 0 saturated heterocycles. The summed E-state index contributed by atoms with van der Waals surface area (Å²) in [6.07, 6.45) is 3.91. The average Bonchev–Trinajstić information content (AvgIpc) is 3.41. The molecule has 2 heterocycles. The number of aromatic nitrogens is 3. The van der Waals surface area contributed by atoms with E-state index in [4.69, 9.17) is 22.1 Å². The van der Waals surface area contributed by atoms with Crippen LogP contribution in [-0.2, 0) is 11.3 Å². The summed E-state index contributed by atoms with van der Waals surface area (Å²) in [6.45, 7) is 0.821. The smallest absolute Gasteiger partial charge is 0.340 e. The number of anilines is 1. The molecule has 2 aromatic heterocycles. The Morgan fingerprint density at radius 3 is 2.93 bits per heavy atom. The first kappa shape index (κ1) is 17.4. The number of methoxy groups -OCH3 is 1. The van der Waals surface area contributed by atoms with Crippen molar-refractivity contribution in [1.29, 1.82) is 0 Å². The van der Waals surface area contributed by atoms with Gasteiger partial charge in [0.1, 0.15) is 11.4 Å². The van der Waals surface area contributed by atoms with Gasteiger partial charge in [-0.3, -0.25) is 4.68 Å². The summed E-state index contributed by atoms with van der Waals surface area (Å²) in [7, 11) is 1.31. The van der Waals surface area contributed by atoms with E-state index >= 15 is 0 Å². The summed E-state index contributed by atoms with van der Waals surface area (Å²) in [6, 6.07) is 7.08. The number of carbonyl (C=O) groups excluding carboxylic acids is 1. The predicted octanol–water partition coefficient (Wildman–Crippen LogP) is 3.26. The standard InChI is InChI=1S/C20H17ClN4O2/c1-27-20(26)15-8-9-23-16(19(15)22)6-7-18-14-5-4-13(21)10-17(14)24-25(18)11-12-2-3-12/h4-5,8-10,12H,2-3,11,22H2,1H3. The largest absolute Gasteiger partial charge is 0.465 e. The molecular formula is C20H17ClN4O2. The lowest BCUT2D eigenvalue weighted by Gasteiger charge is -2.04. The highest BCUT2D eigenvalue weighted by Crippen LogP contribution is 2.32. The van der Waals surface area contributed by atoms with Crippen molar-refractivity contribution in [2.75, 3.05) is 12.8 Å². The molecule has 4 rings (SSSR count). The summed E-state index contributed by atoms with van der Waals surface area (Å²) in [5.41, 5.74) is 8.44. The van der Waals surface area contributed by atoms with Crippen molar-refractivity contribution in [3.05, 3.63) is 52.4 Å². The van der Waals surface area contributed by atoms with Crippen molar-refractivity contribution in [3.8, 4) is 11.8 Å². The van der Waals surface area contributed by atoms with E-state index in [0.29, 0.717) is 16.6 Å². The van der Waals surface area contributed by atoms with E-state index in [2.05, 4.69) is 21.9 Å². The van der Waals surface area contributed by atoms with Crippen LogP contribution in [0.15, 0.2) is 30.5 Å². The molecule has 0 amide bonds. The van der Waals surface area contributed by atoms with Gasteiger partial charge in [0.15, 0.2) is 0 Å². The lowest BCUT2D eigenvalue weighted by atomic mass is 10.1. The predicted molar refractivity (Wildman–Crippen MR) is 103 cm³/mol. The molecule has 0 aliphatic heterocycles. The Kier molecular flexibility index (Phi) is 4.46. The molecule has 0 atom stereocenters. The Bertz CT molecular complexity index is 1110. The molecule has 0 bridgehead atoms. The van der Waals surface area contributed by atoms with Crippen molar-refractivity contribution in [3.63, 3.8) is 0 Å². The second kappa shape index (κ2) is 6.93. The molecule has 1 aromatic carbocycles. The van der Waals surface area contributed by atoms with Crippen LogP contribution in [0.4, 0.5) is 5.69 Å². The van der Waals surface area contributed by atoms with E-state index in [0.717, 1.165) is 23.1 Å². The molecule has 0 unspecified atom stereocenters. The normalized spacial score (nSPS) is 13.3. The van der Waals surface area contributed by atoms with Gasteiger partial charge in [-0.1, -0.05) is 11.6 Å². The molecule has 3 aromatic rings. The fourth-order valence-electron chi connectivity index (χ4n) is 2.90. The average molecular weight is 381 g/mol. The van der Waals surface area contributed by atoms with Gasteiger partial charge < -0.3 is 10.5 Å². The van der Waals surface area contributed by atoms with Gasteiger partial charge in [0.05, 0.1) is 23.9 Å². The monoisotopic (exact) mass is 380 g/mol. The van der Waals surface area contributed by atoms with Crippen LogP contribution in [0.25, 0.3) is 10.9 Å². The highest BCUT2D eigenvalue weighted by atomic mass is 35.5. The number of pyridine rings is 1. The topological polar surface area (TPSA) is 83.0 Å². The maximum absolute atomic E-state index is 11.8. The molecule has 1 aliphatic carbocycles. The number of ether oxygens (including phenoxy) is 1. The quantitative estimate of drug-likeness (QED) is 0.557. The number of nitrogen functional groups attached to an aromatic ring is 1. The molecule has 1 aliphatic rings. The third kappa shape index (κ3) is 3.46. The maximum atomic E-state index is 11.8. The van der Waals surface area contributed by atoms with Gasteiger partial charge >= 0.3 is 5.97 Å². The third-order valence-corrected chi connectivity index (χ3v) is 4.76. The number of hydrogen-bond acceptors (Lipinski definition) is 5. The van der Waals surface area contributed by atoms with Gasteiger partial charge in [0, 0.05) is 23.2 Å². The van der Waals surface area contributed by atoms with Crippen molar-refractivity contribution in [1.82, 2.24) is 14.8 Å². The van der Waals surface area contributed by atoms with Crippen LogP contribution in [-0.4, -0.2) is 27.8 Å². The third-order valence-electron chi connectivity index (χ3n) is 4.52. The summed E-state index contributed by atoms with van der Waals surface area (Å²) < 4.78 is 6.66. The van der Waals surface area contributed by atoms with Crippen LogP contribution in [0.1, 0.15) is 34.6 Å². The van der Waals surface area contributed by atoms with Gasteiger partial charge in [-0.05, 0) is 54.9 Å². The van der Waals surface area contributed by atoms with Crippen LogP contribution in [0, 0.1) is 17.8 Å². The highest BCUT2D eigenvalue weighted by Gasteiger charge is 2.24. The van der Waals surface area contributed by atoms with Gasteiger partial charge in [0.2, 0.25) is 0 Å². The minimum absolute atomic E-state index is 0.206. The second-order valence-electron chi connectivity index (χ2n) is 6.50. The number of nitrogens with zero attached hydrogens (tertiary/aromatic N) is 3. The first-order chi connectivity index (χ1) is 13.1. The van der Waals surface area contributed by atoms with E-state index < -0.39 is 5.97 Å². The second-order valence-corrected chi connectivity index (χ2v) is 6.93. The molecule has 0 radical (unpaired) electrons. The van der Waals surface area contributed by atoms with Crippen LogP contribution in [0.5, 0.6) is 0 Å². The van der Waals surface area contributed by atoms with Gasteiger partial charge in [0.25, 0.3) is 0 Å². The van der Waals surface area contributed by atoms with Crippen molar-refractivity contribution < 1.29 is 9.53 Å². The maximum Gasteiger partial charge on any atom is 0.340 e. The number of rotatable bonds is 3. The van der Waals surface area contributed by atoms with E-state index in [1.807, 2.05) is 22.9 Å². The number of esters is 1. The van der Waals surface area contributed by atoms with E-state index in [1.165, 1.54) is 32.2 Å². The molecule has 1 fully saturated rings. The molecule has 2 N–H and O–H groups in total. The molecule has 6 nitrogen and oxygen atoms in total. The number of carbonyl (C=O) groups is 1. The van der Waals surface area contributed by atoms with Gasteiger partial charge in [-0.15, -0.1) is 0 Å². The zero-order valence-electron chi connectivity index (χ0n) is 14.7. The van der Waals surface area contributed by atoms with Crippen molar-refractivity contribution in [2.24, 2.45) is 5.92 Å². The minimum atomic E-state index is -0.517. The molecule has 0 spiro atoms. The zero-order chi connectivity index (χ0) is 19.0.